The quantitative estimate of drug-likeness (QED) is 0.743. The van der Waals surface area contributed by atoms with Crippen molar-refractivity contribution in [2.75, 3.05) is 0 Å². The Bertz CT molecular complexity index is 576. The monoisotopic (exact) mass is 381 g/mol. The number of hydrogen-bond acceptors (Lipinski definition) is 3. The summed E-state index contributed by atoms with van der Waals surface area (Å²) in [6, 6.07) is -2.43. The van der Waals surface area contributed by atoms with Crippen molar-refractivity contribution in [1.82, 2.24) is 15.6 Å². The van der Waals surface area contributed by atoms with Crippen LogP contribution in [0.3, 0.4) is 0 Å². The molecule has 13 heteroatoms. The second kappa shape index (κ2) is 8.16. The fourth-order valence-corrected chi connectivity index (χ4v) is 1.59. The Balaban J connectivity index is 2.63. The van der Waals surface area contributed by atoms with Gasteiger partial charge in [0.05, 0.1) is 6.42 Å². The Labute approximate surface area is 135 Å². The van der Waals surface area contributed by atoms with Crippen molar-refractivity contribution in [2.45, 2.75) is 38.0 Å². The zero-order chi connectivity index (χ0) is 19.3. The van der Waals surface area contributed by atoms with E-state index in [9.17, 15) is 39.9 Å². The van der Waals surface area contributed by atoms with Crippen LogP contribution >= 0.6 is 0 Å². The maximum Gasteiger partial charge on any atom is 0.409 e. The lowest BCUT2D eigenvalue weighted by molar-refractivity contribution is -0.198. The molecule has 0 saturated carbocycles. The number of carbonyl (C=O) groups excluding carboxylic acids is 1. The van der Waals surface area contributed by atoms with E-state index in [4.69, 9.17) is 0 Å². The Morgan fingerprint density at radius 3 is 2.36 bits per heavy atom. The van der Waals surface area contributed by atoms with Gasteiger partial charge in [-0.15, -0.1) is 0 Å². The average Bonchev–Trinajstić information content (AvgIpc) is 2.42. The number of alkyl halides is 8. The van der Waals surface area contributed by atoms with Crippen LogP contribution in [0, 0.1) is 0 Å². The van der Waals surface area contributed by atoms with Gasteiger partial charge in [-0.25, -0.2) is 9.78 Å². The van der Waals surface area contributed by atoms with Gasteiger partial charge in [0.15, 0.2) is 0 Å². The Kier molecular flexibility index (Phi) is 6.76. The van der Waals surface area contributed by atoms with Gasteiger partial charge in [0.2, 0.25) is 5.88 Å². The van der Waals surface area contributed by atoms with Crippen LogP contribution in [-0.2, 0) is 6.54 Å². The molecule has 0 unspecified atom stereocenters. The number of aromatic nitrogens is 1. The van der Waals surface area contributed by atoms with Gasteiger partial charge in [-0.05, 0) is 11.6 Å². The number of nitrogens with zero attached hydrogens (tertiary/aromatic N) is 1. The minimum absolute atomic E-state index is 0.125. The maximum atomic E-state index is 12.5. The van der Waals surface area contributed by atoms with E-state index in [-0.39, 0.29) is 5.56 Å². The third kappa shape index (κ3) is 8.35. The van der Waals surface area contributed by atoms with Crippen molar-refractivity contribution in [2.24, 2.45) is 0 Å². The van der Waals surface area contributed by atoms with Crippen LogP contribution in [0.2, 0.25) is 0 Å². The third-order valence-electron chi connectivity index (χ3n) is 2.60. The molecular weight excluding hydrogens is 370 g/mol. The number of rotatable bonds is 6. The van der Waals surface area contributed by atoms with Crippen molar-refractivity contribution in [1.29, 1.82) is 0 Å². The predicted octanol–water partition coefficient (Wildman–Crippen LogP) is 3.37. The number of hydrogen-bond donors (Lipinski definition) is 2. The molecule has 1 rings (SSSR count). The van der Waals surface area contributed by atoms with Crippen molar-refractivity contribution in [3.8, 4) is 5.88 Å². The number of urea groups is 1. The highest BCUT2D eigenvalue weighted by Gasteiger charge is 2.47. The Morgan fingerprint density at radius 1 is 1.20 bits per heavy atom. The molecule has 25 heavy (non-hydrogen) atoms. The summed E-state index contributed by atoms with van der Waals surface area (Å²) >= 11 is 0. The van der Waals surface area contributed by atoms with E-state index >= 15 is 0 Å². The standard InChI is InChI=1S/C12H11F8N3O2/c13-9(14)25-8-3-6(1-2-21-8)5-22-10(24)23-7(12(18,19)20)4-11(15,16)17/h1-3,7,9H,4-5H2,(H2,22,23,24)/t7-/m0/s1. The van der Waals surface area contributed by atoms with E-state index in [0.29, 0.717) is 0 Å². The highest BCUT2D eigenvalue weighted by Crippen LogP contribution is 2.30. The van der Waals surface area contributed by atoms with Crippen LogP contribution in [0.25, 0.3) is 0 Å². The first kappa shape index (κ1) is 20.7. The van der Waals surface area contributed by atoms with Crippen LogP contribution in [0.4, 0.5) is 39.9 Å². The average molecular weight is 381 g/mol. The molecule has 1 aromatic heterocycles. The summed E-state index contributed by atoms with van der Waals surface area (Å²) in [6.07, 6.45) is -11.7. The first-order chi connectivity index (χ1) is 11.4. The van der Waals surface area contributed by atoms with Gasteiger partial charge in [0, 0.05) is 18.8 Å². The second-order valence-electron chi connectivity index (χ2n) is 4.62. The molecule has 5 nitrogen and oxygen atoms in total. The van der Waals surface area contributed by atoms with Crippen LogP contribution in [-0.4, -0.2) is 36.0 Å². The number of carbonyl (C=O) groups is 1. The molecule has 142 valence electrons. The molecule has 2 N–H and O–H groups in total. The summed E-state index contributed by atoms with van der Waals surface area (Å²) in [5.74, 6) is -0.500. The number of halogens is 8. The maximum absolute atomic E-state index is 12.5. The van der Waals surface area contributed by atoms with Crippen LogP contribution in [0.1, 0.15) is 12.0 Å². The van der Waals surface area contributed by atoms with E-state index < -0.39 is 49.9 Å². The topological polar surface area (TPSA) is 63.2 Å². The van der Waals surface area contributed by atoms with Gasteiger partial charge >= 0.3 is 25.0 Å². The van der Waals surface area contributed by atoms with Crippen molar-refractivity contribution in [3.05, 3.63) is 23.9 Å². The Hall–Kier alpha value is -2.34. The molecule has 0 aliphatic heterocycles. The normalized spacial score (nSPS) is 13.5. The molecule has 1 heterocycles. The predicted molar refractivity (Wildman–Crippen MR) is 66.8 cm³/mol. The molecule has 0 aromatic carbocycles. The van der Waals surface area contributed by atoms with E-state index in [1.165, 1.54) is 11.4 Å². The summed E-state index contributed by atoms with van der Waals surface area (Å²) in [5.41, 5.74) is 0.125. The molecule has 0 radical (unpaired) electrons. The number of pyridine rings is 1. The molecule has 0 fully saturated rings. The first-order valence-electron chi connectivity index (χ1n) is 6.44. The van der Waals surface area contributed by atoms with Gasteiger partial charge < -0.3 is 15.4 Å². The minimum atomic E-state index is -5.30. The van der Waals surface area contributed by atoms with E-state index in [1.54, 1.807) is 0 Å². The van der Waals surface area contributed by atoms with Crippen LogP contribution in [0.15, 0.2) is 18.3 Å². The summed E-state index contributed by atoms with van der Waals surface area (Å²) < 4.78 is 102. The van der Waals surface area contributed by atoms with E-state index in [1.807, 2.05) is 5.32 Å². The van der Waals surface area contributed by atoms with Crippen molar-refractivity contribution >= 4 is 6.03 Å². The lowest BCUT2D eigenvalue weighted by Gasteiger charge is -2.22. The smallest absolute Gasteiger partial charge is 0.409 e. The second-order valence-corrected chi connectivity index (χ2v) is 4.62. The summed E-state index contributed by atoms with van der Waals surface area (Å²) in [5, 5.41) is 3.05. The SMILES string of the molecule is O=C(NCc1ccnc(OC(F)F)c1)N[C@@H](CC(F)(F)F)C(F)(F)F. The van der Waals surface area contributed by atoms with Crippen LogP contribution in [0.5, 0.6) is 5.88 Å². The lowest BCUT2D eigenvalue weighted by atomic mass is 10.2. The summed E-state index contributed by atoms with van der Waals surface area (Å²) in [6.45, 7) is -3.61. The zero-order valence-corrected chi connectivity index (χ0v) is 12.1. The van der Waals surface area contributed by atoms with Gasteiger partial charge in [0.25, 0.3) is 0 Å². The minimum Gasteiger partial charge on any atom is -0.417 e. The van der Waals surface area contributed by atoms with Gasteiger partial charge in [-0.3, -0.25) is 0 Å². The van der Waals surface area contributed by atoms with E-state index in [2.05, 4.69) is 9.72 Å². The fraction of sp³-hybridized carbons (Fsp3) is 0.500. The number of amides is 2. The highest BCUT2D eigenvalue weighted by molar-refractivity contribution is 5.74. The molecule has 0 saturated heterocycles. The molecule has 0 aliphatic rings. The molecule has 0 aliphatic carbocycles. The molecule has 0 bridgehead atoms. The van der Waals surface area contributed by atoms with Gasteiger partial charge in [-0.1, -0.05) is 0 Å². The first-order valence-corrected chi connectivity index (χ1v) is 6.44. The molecule has 1 atom stereocenters. The van der Waals surface area contributed by atoms with Gasteiger partial charge in [0.1, 0.15) is 6.04 Å². The number of ether oxygens (including phenoxy) is 1. The Morgan fingerprint density at radius 2 is 1.84 bits per heavy atom. The van der Waals surface area contributed by atoms with Gasteiger partial charge in [-0.2, -0.15) is 35.1 Å². The number of nitrogens with one attached hydrogen (secondary N) is 2. The van der Waals surface area contributed by atoms with Crippen molar-refractivity contribution in [3.63, 3.8) is 0 Å². The summed E-state index contributed by atoms with van der Waals surface area (Å²) in [4.78, 5) is 14.8. The zero-order valence-electron chi connectivity index (χ0n) is 12.1. The summed E-state index contributed by atoms with van der Waals surface area (Å²) in [7, 11) is 0. The third-order valence-corrected chi connectivity index (χ3v) is 2.60. The van der Waals surface area contributed by atoms with Crippen molar-refractivity contribution < 1.29 is 44.7 Å². The fourth-order valence-electron chi connectivity index (χ4n) is 1.59. The molecule has 2 amide bonds. The molecule has 1 aromatic rings. The molecular formula is C12H11F8N3O2. The molecule has 0 spiro atoms. The van der Waals surface area contributed by atoms with E-state index in [0.717, 1.165) is 12.3 Å². The highest BCUT2D eigenvalue weighted by atomic mass is 19.4. The largest absolute Gasteiger partial charge is 0.417 e. The van der Waals surface area contributed by atoms with Crippen LogP contribution < -0.4 is 15.4 Å². The lowest BCUT2D eigenvalue weighted by Crippen LogP contribution is -2.51.